The largest absolute Gasteiger partial charge is 0.483 e. The van der Waals surface area contributed by atoms with Crippen LogP contribution in [0.3, 0.4) is 0 Å². The Morgan fingerprint density at radius 1 is 1.53 bits per heavy atom. The van der Waals surface area contributed by atoms with E-state index >= 15 is 0 Å². The molecule has 0 amide bonds. The van der Waals surface area contributed by atoms with E-state index in [1.807, 2.05) is 0 Å². The van der Waals surface area contributed by atoms with Gasteiger partial charge in [0.25, 0.3) is 0 Å². The van der Waals surface area contributed by atoms with Crippen LogP contribution in [-0.4, -0.2) is 16.8 Å². The van der Waals surface area contributed by atoms with Crippen molar-refractivity contribution in [1.29, 1.82) is 0 Å². The van der Waals surface area contributed by atoms with Gasteiger partial charge in [-0.1, -0.05) is 12.1 Å². The minimum atomic E-state index is -0.467. The van der Waals surface area contributed by atoms with E-state index in [9.17, 15) is 14.9 Å². The summed E-state index contributed by atoms with van der Waals surface area (Å²) in [5.74, 6) is 0.205. The second-order valence-corrected chi connectivity index (χ2v) is 4.01. The summed E-state index contributed by atoms with van der Waals surface area (Å²) in [7, 11) is 0. The standard InChI is InChI=1S/C12H15NO4/c1-8-5-4-6-11(12(8)13(15)16)17-10(3)7-9(2)14/h4-6,10H,7H2,1-3H3. The smallest absolute Gasteiger partial charge is 0.313 e. The Hall–Kier alpha value is -1.91. The van der Waals surface area contributed by atoms with Crippen molar-refractivity contribution >= 4 is 11.5 Å². The second kappa shape index (κ2) is 5.43. The van der Waals surface area contributed by atoms with Crippen LogP contribution >= 0.6 is 0 Å². The van der Waals surface area contributed by atoms with Crippen LogP contribution in [0.1, 0.15) is 25.8 Å². The summed E-state index contributed by atoms with van der Waals surface area (Å²) in [5, 5.41) is 10.9. The third-order valence-electron chi connectivity index (χ3n) is 2.29. The van der Waals surface area contributed by atoms with Crippen molar-refractivity contribution in [2.45, 2.75) is 33.3 Å². The molecule has 5 nitrogen and oxygen atoms in total. The molecule has 0 aliphatic carbocycles. The lowest BCUT2D eigenvalue weighted by Gasteiger charge is -2.13. The van der Waals surface area contributed by atoms with Crippen molar-refractivity contribution < 1.29 is 14.5 Å². The van der Waals surface area contributed by atoms with Crippen molar-refractivity contribution in [3.63, 3.8) is 0 Å². The first-order valence-electron chi connectivity index (χ1n) is 5.32. The van der Waals surface area contributed by atoms with Gasteiger partial charge >= 0.3 is 5.69 Å². The number of nitro groups is 1. The Balaban J connectivity index is 2.94. The lowest BCUT2D eigenvalue weighted by Crippen LogP contribution is -2.16. The molecule has 0 saturated carbocycles. The van der Waals surface area contributed by atoms with E-state index in [4.69, 9.17) is 4.74 Å². The minimum absolute atomic E-state index is 0.00666. The summed E-state index contributed by atoms with van der Waals surface area (Å²) < 4.78 is 5.44. The molecule has 0 radical (unpaired) electrons. The maximum atomic E-state index is 10.9. The molecule has 0 spiro atoms. The van der Waals surface area contributed by atoms with Crippen molar-refractivity contribution in [3.8, 4) is 5.75 Å². The van der Waals surface area contributed by atoms with Gasteiger partial charge in [-0.05, 0) is 26.8 Å². The van der Waals surface area contributed by atoms with E-state index in [0.29, 0.717) is 5.56 Å². The number of rotatable bonds is 5. The van der Waals surface area contributed by atoms with Gasteiger partial charge < -0.3 is 4.74 Å². The number of hydrogen-bond donors (Lipinski definition) is 0. The molecular formula is C12H15NO4. The van der Waals surface area contributed by atoms with Crippen LogP contribution in [0, 0.1) is 17.0 Å². The molecule has 1 unspecified atom stereocenters. The molecule has 0 fully saturated rings. The minimum Gasteiger partial charge on any atom is -0.483 e. The molecule has 92 valence electrons. The fourth-order valence-electron chi connectivity index (χ4n) is 1.62. The Morgan fingerprint density at radius 3 is 2.71 bits per heavy atom. The second-order valence-electron chi connectivity index (χ2n) is 4.01. The van der Waals surface area contributed by atoms with E-state index in [1.165, 1.54) is 6.92 Å². The number of carbonyl (C=O) groups is 1. The van der Waals surface area contributed by atoms with Gasteiger partial charge in [0.1, 0.15) is 11.9 Å². The average Bonchev–Trinajstić information content (AvgIpc) is 2.15. The molecule has 0 aliphatic rings. The summed E-state index contributed by atoms with van der Waals surface area (Å²) in [6.07, 6.45) is -0.126. The maximum Gasteiger partial charge on any atom is 0.313 e. The van der Waals surface area contributed by atoms with E-state index in [0.717, 1.165) is 0 Å². The van der Waals surface area contributed by atoms with Crippen LogP contribution in [0.25, 0.3) is 0 Å². The van der Waals surface area contributed by atoms with Crippen molar-refractivity contribution in [1.82, 2.24) is 0 Å². The molecule has 0 aromatic heterocycles. The molecule has 1 aromatic rings. The lowest BCUT2D eigenvalue weighted by molar-refractivity contribution is -0.386. The number of nitro benzene ring substituents is 1. The number of aryl methyl sites for hydroxylation is 1. The lowest BCUT2D eigenvalue weighted by atomic mass is 10.2. The van der Waals surface area contributed by atoms with Gasteiger partial charge in [0.2, 0.25) is 0 Å². The first-order chi connectivity index (χ1) is 7.91. The van der Waals surface area contributed by atoms with Gasteiger partial charge in [0.05, 0.1) is 4.92 Å². The van der Waals surface area contributed by atoms with E-state index in [-0.39, 0.29) is 29.7 Å². The monoisotopic (exact) mass is 237 g/mol. The summed E-state index contributed by atoms with van der Waals surface area (Å²) in [5.41, 5.74) is 0.505. The number of nitrogens with zero attached hydrogens (tertiary/aromatic N) is 1. The van der Waals surface area contributed by atoms with Gasteiger partial charge in [-0.2, -0.15) is 0 Å². The highest BCUT2D eigenvalue weighted by Crippen LogP contribution is 2.31. The number of hydrogen-bond acceptors (Lipinski definition) is 4. The van der Waals surface area contributed by atoms with Crippen molar-refractivity contribution in [2.24, 2.45) is 0 Å². The van der Waals surface area contributed by atoms with Crippen molar-refractivity contribution in [3.05, 3.63) is 33.9 Å². The third kappa shape index (κ3) is 3.55. The molecule has 1 atom stereocenters. The zero-order chi connectivity index (χ0) is 13.0. The molecule has 0 saturated heterocycles. The molecule has 0 bridgehead atoms. The fourth-order valence-corrected chi connectivity index (χ4v) is 1.62. The number of para-hydroxylation sites is 1. The zero-order valence-electron chi connectivity index (χ0n) is 10.1. The van der Waals surface area contributed by atoms with Gasteiger partial charge in [0, 0.05) is 12.0 Å². The van der Waals surface area contributed by atoms with Crippen LogP contribution < -0.4 is 4.74 Å². The first-order valence-corrected chi connectivity index (χ1v) is 5.32. The van der Waals surface area contributed by atoms with Crippen molar-refractivity contribution in [2.75, 3.05) is 0 Å². The normalized spacial score (nSPS) is 11.9. The molecule has 17 heavy (non-hydrogen) atoms. The molecule has 0 aliphatic heterocycles. The van der Waals surface area contributed by atoms with Gasteiger partial charge in [-0.3, -0.25) is 14.9 Å². The maximum absolute atomic E-state index is 10.9. The van der Waals surface area contributed by atoms with Gasteiger partial charge in [0.15, 0.2) is 5.75 Å². The Kier molecular flexibility index (Phi) is 4.20. The highest BCUT2D eigenvalue weighted by molar-refractivity contribution is 5.76. The first kappa shape index (κ1) is 13.2. The summed E-state index contributed by atoms with van der Waals surface area (Å²) in [6, 6.07) is 4.89. The van der Waals surface area contributed by atoms with E-state index in [2.05, 4.69) is 0 Å². The molecule has 1 rings (SSSR count). The molecular weight excluding hydrogens is 222 g/mol. The number of ketones is 1. The predicted molar refractivity (Wildman–Crippen MR) is 63.2 cm³/mol. The number of benzene rings is 1. The number of Topliss-reactive ketones (excluding diaryl/α,β-unsaturated/α-hetero) is 1. The highest BCUT2D eigenvalue weighted by Gasteiger charge is 2.20. The van der Waals surface area contributed by atoms with E-state index in [1.54, 1.807) is 32.0 Å². The van der Waals surface area contributed by atoms with Crippen LogP contribution in [0.5, 0.6) is 5.75 Å². The zero-order valence-corrected chi connectivity index (χ0v) is 10.1. The van der Waals surface area contributed by atoms with Gasteiger partial charge in [-0.15, -0.1) is 0 Å². The Labute approximate surface area is 99.5 Å². The summed E-state index contributed by atoms with van der Waals surface area (Å²) in [6.45, 7) is 4.83. The number of ether oxygens (including phenoxy) is 1. The Bertz CT molecular complexity index is 442. The topological polar surface area (TPSA) is 69.4 Å². The molecule has 0 N–H and O–H groups in total. The van der Waals surface area contributed by atoms with Gasteiger partial charge in [-0.25, -0.2) is 0 Å². The highest BCUT2D eigenvalue weighted by atomic mass is 16.6. The van der Waals surface area contributed by atoms with Crippen LogP contribution in [-0.2, 0) is 4.79 Å². The van der Waals surface area contributed by atoms with Crippen LogP contribution in [0.4, 0.5) is 5.69 Å². The van der Waals surface area contributed by atoms with Crippen LogP contribution in [0.2, 0.25) is 0 Å². The summed E-state index contributed by atoms with van der Waals surface area (Å²) >= 11 is 0. The molecule has 1 aromatic carbocycles. The Morgan fingerprint density at radius 2 is 2.18 bits per heavy atom. The third-order valence-corrected chi connectivity index (χ3v) is 2.29. The average molecular weight is 237 g/mol. The molecule has 5 heteroatoms. The fraction of sp³-hybridized carbons (Fsp3) is 0.417. The van der Waals surface area contributed by atoms with Crippen LogP contribution in [0.15, 0.2) is 18.2 Å². The SMILES string of the molecule is CC(=O)CC(C)Oc1cccc(C)c1[N+](=O)[O-]. The number of carbonyl (C=O) groups excluding carboxylic acids is 1. The predicted octanol–water partition coefficient (Wildman–Crippen LogP) is 2.65. The quantitative estimate of drug-likeness (QED) is 0.583. The molecule has 0 heterocycles. The van der Waals surface area contributed by atoms with E-state index < -0.39 is 4.92 Å². The summed E-state index contributed by atoms with van der Waals surface area (Å²) in [4.78, 5) is 21.4.